The molecule has 2 bridgehead atoms. The van der Waals surface area contributed by atoms with Crippen LogP contribution < -0.4 is 0 Å². The lowest BCUT2D eigenvalue weighted by Gasteiger charge is -2.08. The Labute approximate surface area is 68.1 Å². The van der Waals surface area contributed by atoms with E-state index in [2.05, 4.69) is 4.74 Å². The smallest absolute Gasteiger partial charge is 0.320 e. The summed E-state index contributed by atoms with van der Waals surface area (Å²) in [4.78, 5) is 22.2. The molecule has 4 nitrogen and oxygen atoms in total. The molecule has 2 unspecified atom stereocenters. The highest BCUT2D eigenvalue weighted by atomic mass is 16.6. The zero-order valence-corrected chi connectivity index (χ0v) is 6.10. The number of ether oxygens (including phenoxy) is 2. The van der Waals surface area contributed by atoms with E-state index in [0.717, 1.165) is 0 Å². The van der Waals surface area contributed by atoms with Crippen molar-refractivity contribution in [3.8, 4) is 0 Å². The van der Waals surface area contributed by atoms with Gasteiger partial charge in [0.15, 0.2) is 0 Å². The van der Waals surface area contributed by atoms with Crippen molar-refractivity contribution in [1.29, 1.82) is 0 Å². The third-order valence-corrected chi connectivity index (χ3v) is 2.65. The molecule has 3 rings (SSSR count). The lowest BCUT2D eigenvalue weighted by atomic mass is 9.85. The van der Waals surface area contributed by atoms with E-state index in [9.17, 15) is 9.59 Å². The van der Waals surface area contributed by atoms with Gasteiger partial charge in [0.25, 0.3) is 0 Å². The molecular weight excluding hydrogens is 160 g/mol. The van der Waals surface area contributed by atoms with Gasteiger partial charge in [-0.05, 0) is 0 Å². The van der Waals surface area contributed by atoms with Gasteiger partial charge in [-0.15, -0.1) is 0 Å². The van der Waals surface area contributed by atoms with E-state index < -0.39 is 11.9 Å². The maximum atomic E-state index is 11.1. The molecule has 4 atom stereocenters. The highest BCUT2D eigenvalue weighted by Gasteiger charge is 2.59. The fourth-order valence-electron chi connectivity index (χ4n) is 2.11. The van der Waals surface area contributed by atoms with Crippen LogP contribution in [-0.4, -0.2) is 24.1 Å². The molecule has 0 amide bonds. The van der Waals surface area contributed by atoms with Crippen LogP contribution in [0, 0.1) is 11.8 Å². The van der Waals surface area contributed by atoms with Crippen molar-refractivity contribution in [2.75, 3.05) is 0 Å². The summed E-state index contributed by atoms with van der Waals surface area (Å²) in [6.07, 6.45) is 3.20. The van der Waals surface area contributed by atoms with E-state index >= 15 is 0 Å². The van der Waals surface area contributed by atoms with E-state index in [4.69, 9.17) is 4.74 Å². The number of hydrogen-bond donors (Lipinski definition) is 0. The molecule has 0 N–H and O–H groups in total. The van der Waals surface area contributed by atoms with Gasteiger partial charge in [0.05, 0.1) is 12.2 Å². The lowest BCUT2D eigenvalue weighted by molar-refractivity contribution is -0.156. The average molecular weight is 166 g/mol. The second-order valence-electron chi connectivity index (χ2n) is 3.24. The lowest BCUT2D eigenvalue weighted by Crippen LogP contribution is -2.26. The topological polar surface area (TPSA) is 52.6 Å². The molecule has 4 heteroatoms. The number of esters is 2. The maximum absolute atomic E-state index is 11.1. The van der Waals surface area contributed by atoms with Gasteiger partial charge in [0.1, 0.15) is 11.8 Å². The van der Waals surface area contributed by atoms with Crippen molar-refractivity contribution >= 4 is 11.9 Å². The molecule has 12 heavy (non-hydrogen) atoms. The summed E-state index contributed by atoms with van der Waals surface area (Å²) < 4.78 is 9.86. The molecule has 0 spiro atoms. The van der Waals surface area contributed by atoms with Gasteiger partial charge in [0.2, 0.25) is 0 Å². The van der Waals surface area contributed by atoms with Gasteiger partial charge in [-0.1, -0.05) is 12.2 Å². The average Bonchev–Trinajstić information content (AvgIpc) is 2.64. The quantitative estimate of drug-likeness (QED) is 0.280. The second kappa shape index (κ2) is 1.77. The van der Waals surface area contributed by atoms with Crippen LogP contribution in [0.25, 0.3) is 0 Å². The van der Waals surface area contributed by atoms with E-state index in [1.165, 1.54) is 0 Å². The van der Waals surface area contributed by atoms with Crippen LogP contribution in [0.15, 0.2) is 12.2 Å². The van der Waals surface area contributed by atoms with Crippen molar-refractivity contribution in [3.05, 3.63) is 12.2 Å². The predicted molar refractivity (Wildman–Crippen MR) is 35.9 cm³/mol. The molecule has 2 fully saturated rings. The third-order valence-electron chi connectivity index (χ3n) is 2.65. The highest BCUT2D eigenvalue weighted by molar-refractivity contribution is 5.98. The first-order chi connectivity index (χ1) is 5.77. The van der Waals surface area contributed by atoms with Crippen molar-refractivity contribution in [1.82, 2.24) is 0 Å². The Kier molecular flexibility index (Phi) is 0.939. The third kappa shape index (κ3) is 0.536. The minimum absolute atomic E-state index is 0.223. The number of carbonyl (C=O) groups excluding carboxylic acids is 2. The summed E-state index contributed by atoms with van der Waals surface area (Å²) in [5.41, 5.74) is 0. The monoisotopic (exact) mass is 166 g/mol. The Balaban J connectivity index is 2.08. The van der Waals surface area contributed by atoms with E-state index in [1.807, 2.05) is 12.2 Å². The van der Waals surface area contributed by atoms with E-state index in [0.29, 0.717) is 0 Å². The SMILES string of the molecule is O=C1OC(=O)C2C1[C@@H]1C=C[C@H]2O1. The Bertz CT molecular complexity index is 278. The molecule has 3 heterocycles. The Morgan fingerprint density at radius 2 is 1.50 bits per heavy atom. The maximum Gasteiger partial charge on any atom is 0.320 e. The van der Waals surface area contributed by atoms with Crippen molar-refractivity contribution in [2.24, 2.45) is 11.8 Å². The van der Waals surface area contributed by atoms with Crippen LogP contribution in [0.5, 0.6) is 0 Å². The van der Waals surface area contributed by atoms with Crippen molar-refractivity contribution in [2.45, 2.75) is 12.2 Å². The molecular formula is C8H6O4. The fraction of sp³-hybridized carbons (Fsp3) is 0.500. The summed E-state index contributed by atoms with van der Waals surface area (Å²) in [6.45, 7) is 0. The van der Waals surface area contributed by atoms with Gasteiger partial charge < -0.3 is 9.47 Å². The first-order valence-electron chi connectivity index (χ1n) is 3.87. The summed E-state index contributed by atoms with van der Waals surface area (Å²) in [7, 11) is 0. The van der Waals surface area contributed by atoms with Gasteiger partial charge in [0, 0.05) is 0 Å². The molecule has 3 aliphatic rings. The normalized spacial score (nSPS) is 48.3. The number of cyclic esters (lactones) is 2. The van der Waals surface area contributed by atoms with Crippen LogP contribution in [0.4, 0.5) is 0 Å². The molecule has 0 aromatic rings. The van der Waals surface area contributed by atoms with Crippen molar-refractivity contribution in [3.63, 3.8) is 0 Å². The van der Waals surface area contributed by atoms with Crippen LogP contribution >= 0.6 is 0 Å². The van der Waals surface area contributed by atoms with Crippen LogP contribution in [0.2, 0.25) is 0 Å². The molecule has 0 aromatic heterocycles. The standard InChI is InChI=1S/C8H6O4/c9-7-5-3-1-2-4(11-3)6(5)8(10)12-7/h1-6H/t3-,4+,5?,6?. The zero-order valence-electron chi connectivity index (χ0n) is 6.10. The van der Waals surface area contributed by atoms with Gasteiger partial charge in [-0.2, -0.15) is 0 Å². The van der Waals surface area contributed by atoms with E-state index in [-0.39, 0.29) is 24.0 Å². The second-order valence-corrected chi connectivity index (χ2v) is 3.24. The Morgan fingerprint density at radius 1 is 1.00 bits per heavy atom. The summed E-state index contributed by atoms with van der Waals surface area (Å²) >= 11 is 0. The van der Waals surface area contributed by atoms with Crippen molar-refractivity contribution < 1.29 is 19.1 Å². The Morgan fingerprint density at radius 3 is 2.00 bits per heavy atom. The van der Waals surface area contributed by atoms with Gasteiger partial charge >= 0.3 is 11.9 Å². The minimum Gasteiger partial charge on any atom is -0.393 e. The highest BCUT2D eigenvalue weighted by Crippen LogP contribution is 2.43. The van der Waals surface area contributed by atoms with Crippen LogP contribution in [-0.2, 0) is 19.1 Å². The van der Waals surface area contributed by atoms with Crippen LogP contribution in [0.1, 0.15) is 0 Å². The Hall–Kier alpha value is -1.16. The molecule has 0 aliphatic carbocycles. The molecule has 0 saturated carbocycles. The van der Waals surface area contributed by atoms with Gasteiger partial charge in [-0.25, -0.2) is 0 Å². The summed E-state index contributed by atoms with van der Waals surface area (Å²) in [6, 6.07) is 0. The largest absolute Gasteiger partial charge is 0.393 e. The number of fused-ring (bicyclic) bond motifs is 5. The molecule has 62 valence electrons. The number of rotatable bonds is 0. The van der Waals surface area contributed by atoms with Crippen LogP contribution in [0.3, 0.4) is 0 Å². The molecule has 2 saturated heterocycles. The fourth-order valence-corrected chi connectivity index (χ4v) is 2.11. The van der Waals surface area contributed by atoms with E-state index in [1.54, 1.807) is 0 Å². The number of carbonyl (C=O) groups is 2. The molecule has 3 aliphatic heterocycles. The zero-order chi connectivity index (χ0) is 8.29. The minimum atomic E-state index is -0.429. The first kappa shape index (κ1) is 6.37. The number of hydrogen-bond acceptors (Lipinski definition) is 4. The molecule has 0 radical (unpaired) electrons. The predicted octanol–water partition coefficient (Wildman–Crippen LogP) is -0.361. The molecule has 0 aromatic carbocycles. The summed E-state index contributed by atoms with van der Waals surface area (Å²) in [5, 5.41) is 0. The summed E-state index contributed by atoms with van der Waals surface area (Å²) in [5.74, 6) is -1.59. The first-order valence-corrected chi connectivity index (χ1v) is 3.87. The van der Waals surface area contributed by atoms with Gasteiger partial charge in [-0.3, -0.25) is 9.59 Å².